The van der Waals surface area contributed by atoms with Crippen LogP contribution >= 0.6 is 0 Å². The number of aliphatic hydroxyl groups is 3. The number of rotatable bonds is 15. The lowest BCUT2D eigenvalue weighted by atomic mass is 10.0. The van der Waals surface area contributed by atoms with Crippen LogP contribution in [0.25, 0.3) is 0 Å². The number of unbranched alkanes of at least 4 members (excludes halogenated alkanes) is 6. The fourth-order valence-corrected chi connectivity index (χ4v) is 2.40. The molecule has 0 spiro atoms. The topological polar surface area (TPSA) is 98.0 Å². The van der Waals surface area contributed by atoms with Crippen molar-refractivity contribution in [2.75, 3.05) is 0 Å². The Morgan fingerprint density at radius 3 is 2.13 bits per heavy atom. The van der Waals surface area contributed by atoms with Gasteiger partial charge in [-0.25, -0.2) is 0 Å². The average Bonchev–Trinajstić information content (AvgIpc) is 2.52. The Morgan fingerprint density at radius 1 is 0.870 bits per heavy atom. The first kappa shape index (κ1) is 22.1. The Hall–Kier alpha value is -0.910. The van der Waals surface area contributed by atoms with Gasteiger partial charge in [-0.15, -0.1) is 0 Å². The monoisotopic (exact) mass is 330 g/mol. The second kappa shape index (κ2) is 14.7. The highest BCUT2D eigenvalue weighted by Gasteiger charge is 2.13. The van der Waals surface area contributed by atoms with Crippen LogP contribution in [0.3, 0.4) is 0 Å². The van der Waals surface area contributed by atoms with Crippen molar-refractivity contribution in [1.82, 2.24) is 0 Å². The van der Waals surface area contributed by atoms with E-state index in [1.54, 1.807) is 0 Å². The molecule has 0 saturated carbocycles. The SMILES string of the molecule is CCCCCCCC[C@@H](O)[C@H](O)/C=C/[C@H](O)CCCCC(=O)O. The average molecular weight is 330 g/mol. The summed E-state index contributed by atoms with van der Waals surface area (Å²) in [6.45, 7) is 2.17. The first-order valence-electron chi connectivity index (χ1n) is 8.91. The minimum Gasteiger partial charge on any atom is -0.481 e. The molecule has 0 aliphatic heterocycles. The molecule has 0 radical (unpaired) electrons. The molecule has 0 aromatic rings. The van der Waals surface area contributed by atoms with Crippen LogP contribution in [-0.4, -0.2) is 44.7 Å². The molecule has 0 rings (SSSR count). The van der Waals surface area contributed by atoms with Crippen molar-refractivity contribution in [2.45, 2.75) is 95.9 Å². The van der Waals surface area contributed by atoms with Gasteiger partial charge in [0.1, 0.15) is 0 Å². The first-order chi connectivity index (χ1) is 11.0. The molecule has 0 heterocycles. The van der Waals surface area contributed by atoms with Crippen molar-refractivity contribution in [3.8, 4) is 0 Å². The van der Waals surface area contributed by atoms with Gasteiger partial charge in [0.05, 0.1) is 18.3 Å². The third-order valence-electron chi connectivity index (χ3n) is 3.92. The fourth-order valence-electron chi connectivity index (χ4n) is 2.40. The summed E-state index contributed by atoms with van der Waals surface area (Å²) >= 11 is 0. The molecule has 0 saturated heterocycles. The van der Waals surface area contributed by atoms with Crippen LogP contribution in [-0.2, 0) is 4.79 Å². The van der Waals surface area contributed by atoms with E-state index in [1.165, 1.54) is 37.8 Å². The number of hydrogen-bond acceptors (Lipinski definition) is 4. The first-order valence-corrected chi connectivity index (χ1v) is 8.91. The van der Waals surface area contributed by atoms with Gasteiger partial charge in [0.15, 0.2) is 0 Å². The molecule has 136 valence electrons. The number of carbonyl (C=O) groups is 1. The predicted octanol–water partition coefficient (Wildman–Crippen LogP) is 3.02. The summed E-state index contributed by atoms with van der Waals surface area (Å²) in [7, 11) is 0. The van der Waals surface area contributed by atoms with Crippen LogP contribution in [0.15, 0.2) is 12.2 Å². The fraction of sp³-hybridized carbons (Fsp3) is 0.833. The number of aliphatic hydroxyl groups excluding tert-OH is 3. The molecule has 5 heteroatoms. The lowest BCUT2D eigenvalue weighted by Crippen LogP contribution is -2.24. The summed E-state index contributed by atoms with van der Waals surface area (Å²) in [5.74, 6) is -0.830. The van der Waals surface area contributed by atoms with Gasteiger partial charge >= 0.3 is 5.97 Å². The van der Waals surface area contributed by atoms with E-state index in [0.29, 0.717) is 25.7 Å². The third kappa shape index (κ3) is 14.4. The van der Waals surface area contributed by atoms with Crippen molar-refractivity contribution >= 4 is 5.97 Å². The molecule has 0 aliphatic carbocycles. The highest BCUT2D eigenvalue weighted by atomic mass is 16.4. The van der Waals surface area contributed by atoms with E-state index in [2.05, 4.69) is 6.92 Å². The van der Waals surface area contributed by atoms with Gasteiger partial charge in [-0.2, -0.15) is 0 Å². The van der Waals surface area contributed by atoms with Crippen LogP contribution in [0, 0.1) is 0 Å². The summed E-state index contributed by atoms with van der Waals surface area (Å²) in [6, 6.07) is 0. The molecule has 0 aromatic heterocycles. The van der Waals surface area contributed by atoms with E-state index in [4.69, 9.17) is 5.11 Å². The van der Waals surface area contributed by atoms with Crippen molar-refractivity contribution in [3.63, 3.8) is 0 Å². The number of aliphatic carboxylic acids is 1. The highest BCUT2D eigenvalue weighted by Crippen LogP contribution is 2.12. The van der Waals surface area contributed by atoms with Gasteiger partial charge in [0, 0.05) is 6.42 Å². The van der Waals surface area contributed by atoms with Gasteiger partial charge in [0.2, 0.25) is 0 Å². The molecular formula is C18H34O5. The zero-order valence-corrected chi connectivity index (χ0v) is 14.4. The molecule has 0 aliphatic rings. The van der Waals surface area contributed by atoms with Crippen molar-refractivity contribution < 1.29 is 25.2 Å². The van der Waals surface area contributed by atoms with Gasteiger partial charge in [-0.1, -0.05) is 57.6 Å². The number of carboxylic acids is 1. The van der Waals surface area contributed by atoms with Crippen LogP contribution in [0.2, 0.25) is 0 Å². The number of hydrogen-bond donors (Lipinski definition) is 4. The molecule has 23 heavy (non-hydrogen) atoms. The summed E-state index contributed by atoms with van der Waals surface area (Å²) in [5, 5.41) is 37.9. The Bertz CT molecular complexity index is 317. The van der Waals surface area contributed by atoms with Crippen molar-refractivity contribution in [3.05, 3.63) is 12.2 Å². The van der Waals surface area contributed by atoms with E-state index in [-0.39, 0.29) is 6.42 Å². The largest absolute Gasteiger partial charge is 0.481 e. The van der Waals surface area contributed by atoms with E-state index in [1.807, 2.05) is 0 Å². The Kier molecular flexibility index (Phi) is 14.1. The minimum absolute atomic E-state index is 0.107. The van der Waals surface area contributed by atoms with E-state index >= 15 is 0 Å². The lowest BCUT2D eigenvalue weighted by molar-refractivity contribution is -0.137. The predicted molar refractivity (Wildman–Crippen MR) is 91.3 cm³/mol. The summed E-state index contributed by atoms with van der Waals surface area (Å²) < 4.78 is 0. The Morgan fingerprint density at radius 2 is 1.48 bits per heavy atom. The van der Waals surface area contributed by atoms with Crippen LogP contribution < -0.4 is 0 Å². The Balaban J connectivity index is 3.74. The second-order valence-electron chi connectivity index (χ2n) is 6.21. The lowest BCUT2D eigenvalue weighted by Gasteiger charge is -2.15. The van der Waals surface area contributed by atoms with Gasteiger partial charge in [-0.05, 0) is 25.7 Å². The van der Waals surface area contributed by atoms with Gasteiger partial charge in [0.25, 0.3) is 0 Å². The molecule has 0 aromatic carbocycles. The molecule has 0 fully saturated rings. The maximum atomic E-state index is 10.4. The highest BCUT2D eigenvalue weighted by molar-refractivity contribution is 5.66. The molecule has 4 N–H and O–H groups in total. The van der Waals surface area contributed by atoms with Crippen molar-refractivity contribution in [1.29, 1.82) is 0 Å². The molecule has 0 unspecified atom stereocenters. The van der Waals surface area contributed by atoms with E-state index in [9.17, 15) is 20.1 Å². The molecule has 5 nitrogen and oxygen atoms in total. The summed E-state index contributed by atoms with van der Waals surface area (Å²) in [6.07, 6.45) is 9.56. The molecule has 0 bridgehead atoms. The smallest absolute Gasteiger partial charge is 0.303 e. The molecule has 3 atom stereocenters. The second-order valence-corrected chi connectivity index (χ2v) is 6.21. The molecule has 0 amide bonds. The quantitative estimate of drug-likeness (QED) is 0.273. The standard InChI is InChI=1S/C18H34O5/c1-2-3-4-5-6-7-11-16(20)17(21)14-13-15(19)10-8-9-12-18(22)23/h13-17,19-21H,2-12H2,1H3,(H,22,23)/b14-13+/t15-,16-,17-/m1/s1. The van der Waals surface area contributed by atoms with Gasteiger partial charge in [-0.3, -0.25) is 4.79 Å². The van der Waals surface area contributed by atoms with Crippen LogP contribution in [0.4, 0.5) is 0 Å². The Labute approximate surface area is 140 Å². The van der Waals surface area contributed by atoms with Crippen LogP contribution in [0.1, 0.15) is 77.6 Å². The van der Waals surface area contributed by atoms with E-state index < -0.39 is 24.3 Å². The normalized spacial score (nSPS) is 15.7. The number of carboxylic acid groups (broad SMARTS) is 1. The zero-order chi connectivity index (χ0) is 17.5. The van der Waals surface area contributed by atoms with E-state index in [0.717, 1.165) is 12.8 Å². The maximum Gasteiger partial charge on any atom is 0.303 e. The summed E-state index contributed by atoms with van der Waals surface area (Å²) in [5.41, 5.74) is 0. The third-order valence-corrected chi connectivity index (χ3v) is 3.92. The summed E-state index contributed by atoms with van der Waals surface area (Å²) in [4.78, 5) is 10.4. The van der Waals surface area contributed by atoms with Crippen LogP contribution in [0.5, 0.6) is 0 Å². The molecular weight excluding hydrogens is 296 g/mol. The zero-order valence-electron chi connectivity index (χ0n) is 14.4. The van der Waals surface area contributed by atoms with Crippen molar-refractivity contribution in [2.24, 2.45) is 0 Å². The minimum atomic E-state index is -0.959. The van der Waals surface area contributed by atoms with Gasteiger partial charge < -0.3 is 20.4 Å². The maximum absolute atomic E-state index is 10.4.